The molecule has 134 valence electrons. The van der Waals surface area contributed by atoms with Gasteiger partial charge in [-0.15, -0.1) is 0 Å². The number of nitrogens with one attached hydrogen (secondary N) is 1. The number of likely N-dealkylation sites (tertiary alicyclic amines) is 1. The van der Waals surface area contributed by atoms with E-state index in [1.54, 1.807) is 0 Å². The topological polar surface area (TPSA) is 38.8 Å². The van der Waals surface area contributed by atoms with E-state index in [0.717, 1.165) is 65.2 Å². The summed E-state index contributed by atoms with van der Waals surface area (Å²) < 4.78 is 0. The molecule has 0 aromatic rings. The van der Waals surface area contributed by atoms with Crippen LogP contribution >= 0.6 is 0 Å². The Kier molecular flexibility index (Phi) is 6.86. The Morgan fingerprint density at radius 2 is 1.61 bits per heavy atom. The summed E-state index contributed by atoms with van der Waals surface area (Å²) in [6.07, 6.45) is 2.78. The van der Waals surface area contributed by atoms with Crippen molar-refractivity contribution < 1.29 is 4.79 Å². The highest BCUT2D eigenvalue weighted by molar-refractivity contribution is 5.77. The lowest BCUT2D eigenvalue weighted by Crippen LogP contribution is -2.62. The first-order valence-electron chi connectivity index (χ1n) is 9.37. The monoisotopic (exact) mass is 324 g/mol. The summed E-state index contributed by atoms with van der Waals surface area (Å²) in [6.45, 7) is 15.4. The highest BCUT2D eigenvalue weighted by atomic mass is 16.1. The smallest absolute Gasteiger partial charge is 0.220 e. The molecule has 0 unspecified atom stereocenters. The van der Waals surface area contributed by atoms with Crippen LogP contribution in [0.1, 0.15) is 40.0 Å². The molecule has 2 saturated heterocycles. The Hall–Kier alpha value is -0.650. The fraction of sp³-hybridized carbons (Fsp3) is 0.944. The van der Waals surface area contributed by atoms with Crippen molar-refractivity contribution >= 4 is 5.91 Å². The first kappa shape index (κ1) is 18.7. The number of piperidine rings is 1. The summed E-state index contributed by atoms with van der Waals surface area (Å²) in [5.41, 5.74) is -0.0210. The highest BCUT2D eigenvalue weighted by Crippen LogP contribution is 2.24. The van der Waals surface area contributed by atoms with E-state index in [1.165, 1.54) is 0 Å². The van der Waals surface area contributed by atoms with E-state index in [-0.39, 0.29) is 11.4 Å². The Balaban J connectivity index is 1.95. The molecule has 23 heavy (non-hydrogen) atoms. The van der Waals surface area contributed by atoms with Gasteiger partial charge in [0.2, 0.25) is 5.91 Å². The molecule has 5 nitrogen and oxygen atoms in total. The summed E-state index contributed by atoms with van der Waals surface area (Å²) in [6, 6.07) is 0. The lowest BCUT2D eigenvalue weighted by Gasteiger charge is -2.46. The van der Waals surface area contributed by atoms with Crippen molar-refractivity contribution in [1.82, 2.24) is 20.0 Å². The van der Waals surface area contributed by atoms with Gasteiger partial charge in [-0.3, -0.25) is 9.69 Å². The second kappa shape index (κ2) is 8.45. The Labute approximate surface area is 142 Å². The summed E-state index contributed by atoms with van der Waals surface area (Å²) in [7, 11) is 2.18. The van der Waals surface area contributed by atoms with E-state index >= 15 is 0 Å². The summed E-state index contributed by atoms with van der Waals surface area (Å²) in [5.74, 6) is 0.656. The maximum atomic E-state index is 12.4. The molecule has 0 bridgehead atoms. The molecule has 1 N–H and O–H groups in total. The lowest BCUT2D eigenvalue weighted by molar-refractivity contribution is -0.124. The van der Waals surface area contributed by atoms with Gasteiger partial charge in [-0.05, 0) is 32.4 Å². The molecule has 2 rings (SSSR count). The molecular weight excluding hydrogens is 288 g/mol. The largest absolute Gasteiger partial charge is 0.349 e. The number of carbonyl (C=O) groups is 1. The zero-order valence-corrected chi connectivity index (χ0v) is 15.6. The molecule has 5 heteroatoms. The van der Waals surface area contributed by atoms with Crippen LogP contribution in [0.2, 0.25) is 0 Å². The first-order chi connectivity index (χ1) is 10.9. The molecule has 2 heterocycles. The minimum Gasteiger partial charge on any atom is -0.349 e. The van der Waals surface area contributed by atoms with E-state index in [2.05, 4.69) is 47.8 Å². The van der Waals surface area contributed by atoms with Gasteiger partial charge in [0, 0.05) is 52.2 Å². The summed E-state index contributed by atoms with van der Waals surface area (Å²) >= 11 is 0. The fourth-order valence-electron chi connectivity index (χ4n) is 3.78. The molecule has 2 aliphatic rings. The molecule has 0 atom stereocenters. The maximum absolute atomic E-state index is 12.4. The van der Waals surface area contributed by atoms with Crippen LogP contribution in [-0.2, 0) is 4.79 Å². The molecule has 0 saturated carbocycles. The molecule has 1 amide bonds. The number of rotatable bonds is 6. The van der Waals surface area contributed by atoms with Crippen LogP contribution in [0.5, 0.6) is 0 Å². The van der Waals surface area contributed by atoms with Crippen molar-refractivity contribution in [3.8, 4) is 0 Å². The predicted octanol–water partition coefficient (Wildman–Crippen LogP) is 1.25. The van der Waals surface area contributed by atoms with Crippen molar-refractivity contribution in [1.29, 1.82) is 0 Å². The Morgan fingerprint density at radius 3 is 2.13 bits per heavy atom. The van der Waals surface area contributed by atoms with Gasteiger partial charge in [0.05, 0.1) is 5.54 Å². The van der Waals surface area contributed by atoms with E-state index in [4.69, 9.17) is 0 Å². The van der Waals surface area contributed by atoms with Crippen LogP contribution in [0.3, 0.4) is 0 Å². The number of likely N-dealkylation sites (N-methyl/N-ethyl adjacent to an activating group) is 1. The predicted molar refractivity (Wildman–Crippen MR) is 95.6 cm³/mol. The molecule has 2 aliphatic heterocycles. The van der Waals surface area contributed by atoms with Gasteiger partial charge >= 0.3 is 0 Å². The van der Waals surface area contributed by atoms with Crippen molar-refractivity contribution in [3.05, 3.63) is 0 Å². The van der Waals surface area contributed by atoms with Crippen molar-refractivity contribution in [2.24, 2.45) is 5.92 Å². The van der Waals surface area contributed by atoms with E-state index in [9.17, 15) is 4.79 Å². The van der Waals surface area contributed by atoms with Crippen LogP contribution in [-0.4, -0.2) is 85.6 Å². The van der Waals surface area contributed by atoms with Crippen LogP contribution in [0, 0.1) is 5.92 Å². The van der Waals surface area contributed by atoms with Crippen molar-refractivity contribution in [2.45, 2.75) is 45.6 Å². The van der Waals surface area contributed by atoms with Gasteiger partial charge in [-0.25, -0.2) is 0 Å². The van der Waals surface area contributed by atoms with Crippen LogP contribution in [0.25, 0.3) is 0 Å². The molecule has 0 radical (unpaired) electrons. The molecule has 0 aromatic carbocycles. The van der Waals surface area contributed by atoms with Crippen LogP contribution in [0.15, 0.2) is 0 Å². The number of hydrogen-bond acceptors (Lipinski definition) is 4. The van der Waals surface area contributed by atoms with Crippen LogP contribution in [0.4, 0.5) is 0 Å². The van der Waals surface area contributed by atoms with Gasteiger partial charge in [0.1, 0.15) is 0 Å². The van der Waals surface area contributed by atoms with E-state index in [0.29, 0.717) is 12.3 Å². The minimum absolute atomic E-state index is 0.0210. The molecule has 2 fully saturated rings. The van der Waals surface area contributed by atoms with Gasteiger partial charge in [-0.1, -0.05) is 20.8 Å². The second-order valence-corrected chi connectivity index (χ2v) is 7.94. The number of hydrogen-bond donors (Lipinski definition) is 1. The van der Waals surface area contributed by atoms with Gasteiger partial charge in [0.15, 0.2) is 0 Å². The summed E-state index contributed by atoms with van der Waals surface area (Å²) in [5, 5.41) is 3.44. The highest BCUT2D eigenvalue weighted by Gasteiger charge is 2.37. The van der Waals surface area contributed by atoms with E-state index in [1.807, 2.05) is 0 Å². The second-order valence-electron chi connectivity index (χ2n) is 7.94. The van der Waals surface area contributed by atoms with Gasteiger partial charge < -0.3 is 15.1 Å². The van der Waals surface area contributed by atoms with Crippen molar-refractivity contribution in [2.75, 3.05) is 59.4 Å². The van der Waals surface area contributed by atoms with E-state index < -0.39 is 0 Å². The number of amides is 1. The Bertz CT molecular complexity index is 369. The standard InChI is InChI=1S/C18H36N4O/c1-5-21-10-12-22(13-11-21)15-18(6-8-20(4)9-7-18)19-17(23)14-16(2)3/h16H,5-15H2,1-4H3,(H,19,23). The van der Waals surface area contributed by atoms with Crippen LogP contribution < -0.4 is 5.32 Å². The number of carbonyl (C=O) groups excluding carboxylic acids is 1. The zero-order valence-electron chi connectivity index (χ0n) is 15.6. The normalized spacial score (nSPS) is 24.0. The van der Waals surface area contributed by atoms with Gasteiger partial charge in [-0.2, -0.15) is 0 Å². The van der Waals surface area contributed by atoms with Crippen molar-refractivity contribution in [3.63, 3.8) is 0 Å². The SMILES string of the molecule is CCN1CCN(CC2(NC(=O)CC(C)C)CCN(C)CC2)CC1. The fourth-order valence-corrected chi connectivity index (χ4v) is 3.78. The molecule has 0 spiro atoms. The third-order valence-electron chi connectivity index (χ3n) is 5.38. The minimum atomic E-state index is -0.0210. The average molecular weight is 325 g/mol. The third kappa shape index (κ3) is 5.73. The number of piperazine rings is 1. The lowest BCUT2D eigenvalue weighted by atomic mass is 9.86. The average Bonchev–Trinajstić information content (AvgIpc) is 2.50. The number of nitrogens with zero attached hydrogens (tertiary/aromatic N) is 3. The first-order valence-corrected chi connectivity index (χ1v) is 9.37. The maximum Gasteiger partial charge on any atom is 0.220 e. The molecule has 0 aromatic heterocycles. The third-order valence-corrected chi connectivity index (χ3v) is 5.38. The quantitative estimate of drug-likeness (QED) is 0.798. The Morgan fingerprint density at radius 1 is 1.04 bits per heavy atom. The zero-order chi connectivity index (χ0) is 16.9. The molecular formula is C18H36N4O. The van der Waals surface area contributed by atoms with Gasteiger partial charge in [0.25, 0.3) is 0 Å². The molecule has 0 aliphatic carbocycles. The summed E-state index contributed by atoms with van der Waals surface area (Å²) in [4.78, 5) is 19.8.